The molecule has 0 bridgehead atoms. The second-order valence-electron chi connectivity index (χ2n) is 10.4. The van der Waals surface area contributed by atoms with Crippen molar-refractivity contribution in [3.05, 3.63) is 29.3 Å². The van der Waals surface area contributed by atoms with E-state index < -0.39 is 0 Å². The topological polar surface area (TPSA) is 53.1 Å². The lowest BCUT2D eigenvalue weighted by Gasteiger charge is -2.41. The minimum Gasteiger partial charge on any atom is -0.496 e. The van der Waals surface area contributed by atoms with Crippen molar-refractivity contribution in [3.63, 3.8) is 0 Å². The van der Waals surface area contributed by atoms with Gasteiger partial charge in [-0.3, -0.25) is 19.4 Å². The van der Waals surface area contributed by atoms with E-state index in [1.54, 1.807) is 12.0 Å². The van der Waals surface area contributed by atoms with Gasteiger partial charge in [-0.05, 0) is 68.7 Å². The van der Waals surface area contributed by atoms with Gasteiger partial charge in [-0.15, -0.1) is 0 Å². The Balaban J connectivity index is 1.04. The van der Waals surface area contributed by atoms with Crippen LogP contribution < -0.4 is 4.74 Å². The Bertz CT molecular complexity index is 826. The number of likely N-dealkylation sites (tertiary alicyclic amines) is 1. The van der Waals surface area contributed by atoms with Crippen LogP contribution in [0.15, 0.2) is 18.2 Å². The lowest BCUT2D eigenvalue weighted by atomic mass is 9.81. The zero-order chi connectivity index (χ0) is 22.8. The average Bonchev–Trinajstić information content (AvgIpc) is 3.11. The molecule has 0 radical (unpaired) electrons. The van der Waals surface area contributed by atoms with Gasteiger partial charge in [-0.25, -0.2) is 0 Å². The molecule has 2 aliphatic heterocycles. The van der Waals surface area contributed by atoms with Crippen LogP contribution in [0.5, 0.6) is 5.75 Å². The maximum absolute atomic E-state index is 12.6. The molecule has 1 saturated carbocycles. The van der Waals surface area contributed by atoms with Gasteiger partial charge in [0, 0.05) is 38.8 Å². The molecule has 5 rings (SSSR count). The van der Waals surface area contributed by atoms with E-state index in [0.717, 1.165) is 89.8 Å². The molecule has 1 aromatic rings. The lowest BCUT2D eigenvalue weighted by molar-refractivity contribution is -0.140. The Morgan fingerprint density at radius 2 is 1.61 bits per heavy atom. The molecule has 6 nitrogen and oxygen atoms in total. The summed E-state index contributed by atoms with van der Waals surface area (Å²) in [5.74, 6) is 1.26. The van der Waals surface area contributed by atoms with Crippen LogP contribution in [-0.2, 0) is 22.4 Å². The van der Waals surface area contributed by atoms with Crippen LogP contribution in [0.4, 0.5) is 0 Å². The highest BCUT2D eigenvalue weighted by Crippen LogP contribution is 2.38. The number of imide groups is 1. The number of piperazine rings is 1. The lowest BCUT2D eigenvalue weighted by Crippen LogP contribution is -2.51. The van der Waals surface area contributed by atoms with Gasteiger partial charge < -0.3 is 9.64 Å². The predicted molar refractivity (Wildman–Crippen MR) is 128 cm³/mol. The quantitative estimate of drug-likeness (QED) is 0.469. The highest BCUT2D eigenvalue weighted by molar-refractivity contribution is 6.05. The number of aryl methyl sites for hydroxylation is 1. The van der Waals surface area contributed by atoms with Crippen molar-refractivity contribution in [3.8, 4) is 5.75 Å². The average molecular weight is 454 g/mol. The van der Waals surface area contributed by atoms with Gasteiger partial charge in [0.2, 0.25) is 11.8 Å². The van der Waals surface area contributed by atoms with Gasteiger partial charge in [0.1, 0.15) is 5.75 Å². The Kier molecular flexibility index (Phi) is 7.02. The third-order valence-corrected chi connectivity index (χ3v) is 8.60. The number of hydrogen-bond acceptors (Lipinski definition) is 5. The minimum absolute atomic E-state index is 0.00829. The number of hydrogen-bond donors (Lipinski definition) is 0. The van der Waals surface area contributed by atoms with Crippen molar-refractivity contribution in [2.45, 2.75) is 63.8 Å². The third kappa shape index (κ3) is 4.69. The van der Waals surface area contributed by atoms with Crippen molar-refractivity contribution >= 4 is 11.8 Å². The maximum Gasteiger partial charge on any atom is 0.233 e. The summed E-state index contributed by atoms with van der Waals surface area (Å²) in [4.78, 5) is 32.1. The summed E-state index contributed by atoms with van der Waals surface area (Å²) < 4.78 is 5.63. The molecule has 3 fully saturated rings. The number of nitrogens with zero attached hydrogens (tertiary/aromatic N) is 3. The fourth-order valence-corrected chi connectivity index (χ4v) is 6.65. The summed E-state index contributed by atoms with van der Waals surface area (Å²) in [6, 6.07) is 7.07. The normalized spacial score (nSPS) is 28.6. The number of carbonyl (C=O) groups excluding carboxylic acids is 2. The molecular weight excluding hydrogens is 414 g/mol. The summed E-state index contributed by atoms with van der Waals surface area (Å²) in [6.45, 7) is 6.16. The van der Waals surface area contributed by atoms with Crippen LogP contribution in [0.2, 0.25) is 0 Å². The van der Waals surface area contributed by atoms with Gasteiger partial charge in [0.05, 0.1) is 18.9 Å². The van der Waals surface area contributed by atoms with Crippen molar-refractivity contribution in [1.29, 1.82) is 0 Å². The molecule has 2 amide bonds. The summed E-state index contributed by atoms with van der Waals surface area (Å²) in [7, 11) is 1.78. The zero-order valence-corrected chi connectivity index (χ0v) is 20.1. The summed E-state index contributed by atoms with van der Waals surface area (Å²) in [6.07, 6.45) is 9.48. The van der Waals surface area contributed by atoms with Crippen LogP contribution in [0.25, 0.3) is 0 Å². The Labute approximate surface area is 198 Å². The van der Waals surface area contributed by atoms with Crippen LogP contribution in [0.3, 0.4) is 0 Å². The molecule has 0 spiro atoms. The highest BCUT2D eigenvalue weighted by atomic mass is 16.5. The van der Waals surface area contributed by atoms with Crippen LogP contribution >= 0.6 is 0 Å². The molecule has 4 aliphatic rings. The molecule has 3 atom stereocenters. The van der Waals surface area contributed by atoms with Gasteiger partial charge in [-0.2, -0.15) is 0 Å². The van der Waals surface area contributed by atoms with E-state index in [9.17, 15) is 9.59 Å². The van der Waals surface area contributed by atoms with Gasteiger partial charge in [-0.1, -0.05) is 25.0 Å². The number of ether oxygens (including phenoxy) is 1. The van der Waals surface area contributed by atoms with Crippen molar-refractivity contribution in [1.82, 2.24) is 14.7 Å². The molecule has 33 heavy (non-hydrogen) atoms. The molecule has 1 aromatic carbocycles. The van der Waals surface area contributed by atoms with Crippen LogP contribution in [0.1, 0.15) is 56.1 Å². The molecule has 2 saturated heterocycles. The standard InChI is InChI=1S/C27H39N3O3/c1-33-25-10-6-7-20-11-12-21(19-24(20)25)29-17-15-28(16-18-29)13-4-5-14-30-26(31)22-8-2-3-9-23(22)27(30)32/h6-7,10,21-23H,2-5,8-9,11-19H2,1H3. The van der Waals surface area contributed by atoms with E-state index in [1.165, 1.54) is 17.5 Å². The van der Waals surface area contributed by atoms with Crippen LogP contribution in [0, 0.1) is 11.8 Å². The third-order valence-electron chi connectivity index (χ3n) is 8.60. The van der Waals surface area contributed by atoms with E-state index in [4.69, 9.17) is 4.74 Å². The molecule has 2 aliphatic carbocycles. The fourth-order valence-electron chi connectivity index (χ4n) is 6.65. The molecule has 0 N–H and O–H groups in total. The van der Waals surface area contributed by atoms with Gasteiger partial charge >= 0.3 is 0 Å². The minimum atomic E-state index is -0.00829. The molecule has 0 aromatic heterocycles. The first-order valence-corrected chi connectivity index (χ1v) is 13.1. The van der Waals surface area contributed by atoms with Gasteiger partial charge in [0.25, 0.3) is 0 Å². The molecule has 2 heterocycles. The number of fused-ring (bicyclic) bond motifs is 2. The summed E-state index contributed by atoms with van der Waals surface area (Å²) in [5.41, 5.74) is 2.86. The fraction of sp³-hybridized carbons (Fsp3) is 0.704. The second kappa shape index (κ2) is 10.1. The number of benzene rings is 1. The van der Waals surface area contributed by atoms with Crippen molar-refractivity contribution in [2.24, 2.45) is 11.8 Å². The first-order valence-electron chi connectivity index (χ1n) is 13.1. The molecule has 180 valence electrons. The summed E-state index contributed by atoms with van der Waals surface area (Å²) in [5, 5.41) is 0. The van der Waals surface area contributed by atoms with Crippen LogP contribution in [-0.4, -0.2) is 78.9 Å². The molecule has 3 unspecified atom stereocenters. The first-order chi connectivity index (χ1) is 16.2. The van der Waals surface area contributed by atoms with E-state index in [2.05, 4.69) is 28.0 Å². The SMILES string of the molecule is COc1cccc2c1CC(N1CCN(CCCCN3C(=O)C4CCCCC4C3=O)CC1)CC2. The second-order valence-corrected chi connectivity index (χ2v) is 10.4. The largest absolute Gasteiger partial charge is 0.496 e. The molecule has 6 heteroatoms. The van der Waals surface area contributed by atoms with Crippen molar-refractivity contribution in [2.75, 3.05) is 46.4 Å². The highest BCUT2D eigenvalue weighted by Gasteiger charge is 2.47. The number of amides is 2. The van der Waals surface area contributed by atoms with E-state index in [-0.39, 0.29) is 23.7 Å². The van der Waals surface area contributed by atoms with E-state index >= 15 is 0 Å². The Hall–Kier alpha value is -1.92. The van der Waals surface area contributed by atoms with E-state index in [1.807, 2.05) is 0 Å². The first kappa shape index (κ1) is 22.9. The number of methoxy groups -OCH3 is 1. The molecular formula is C27H39N3O3. The van der Waals surface area contributed by atoms with E-state index in [0.29, 0.717) is 12.6 Å². The maximum atomic E-state index is 12.6. The number of carbonyl (C=O) groups is 2. The Morgan fingerprint density at radius 1 is 0.909 bits per heavy atom. The monoisotopic (exact) mass is 453 g/mol. The van der Waals surface area contributed by atoms with Gasteiger partial charge in [0.15, 0.2) is 0 Å². The Morgan fingerprint density at radius 3 is 2.30 bits per heavy atom. The number of unbranched alkanes of at least 4 members (excludes halogenated alkanes) is 1. The number of rotatable bonds is 7. The zero-order valence-electron chi connectivity index (χ0n) is 20.1. The summed E-state index contributed by atoms with van der Waals surface area (Å²) >= 11 is 0. The van der Waals surface area contributed by atoms with Crippen molar-refractivity contribution < 1.29 is 14.3 Å². The predicted octanol–water partition coefficient (Wildman–Crippen LogP) is 3.13. The smallest absolute Gasteiger partial charge is 0.233 e.